The van der Waals surface area contributed by atoms with E-state index in [1.165, 1.54) is 7.05 Å². The third kappa shape index (κ3) is 6.77. The highest BCUT2D eigenvalue weighted by atomic mass is 19.4. The zero-order chi connectivity index (χ0) is 15.2. The van der Waals surface area contributed by atoms with Crippen LogP contribution in [0.1, 0.15) is 27.2 Å². The summed E-state index contributed by atoms with van der Waals surface area (Å²) in [7, 11) is 1.27. The summed E-state index contributed by atoms with van der Waals surface area (Å²) in [4.78, 5) is 12.5. The van der Waals surface area contributed by atoms with Crippen LogP contribution in [0, 0.1) is 5.92 Å². The van der Waals surface area contributed by atoms with Gasteiger partial charge in [0, 0.05) is 12.6 Å². The van der Waals surface area contributed by atoms with Crippen molar-refractivity contribution in [3.05, 3.63) is 0 Å². The van der Waals surface area contributed by atoms with E-state index in [9.17, 15) is 18.0 Å². The monoisotopic (exact) mass is 283 g/mol. The van der Waals surface area contributed by atoms with Gasteiger partial charge in [0.05, 0.1) is 6.54 Å². The van der Waals surface area contributed by atoms with E-state index in [4.69, 9.17) is 5.73 Å². The van der Waals surface area contributed by atoms with Crippen LogP contribution in [0.2, 0.25) is 0 Å². The summed E-state index contributed by atoms with van der Waals surface area (Å²) in [5, 5.41) is 2.59. The summed E-state index contributed by atoms with van der Waals surface area (Å²) in [5.74, 6) is -0.167. The molecule has 114 valence electrons. The zero-order valence-corrected chi connectivity index (χ0v) is 11.9. The van der Waals surface area contributed by atoms with Crippen molar-refractivity contribution in [3.63, 3.8) is 0 Å². The molecule has 0 aromatic heterocycles. The second kappa shape index (κ2) is 7.69. The minimum absolute atomic E-state index is 0.197. The van der Waals surface area contributed by atoms with Crippen LogP contribution < -0.4 is 11.1 Å². The maximum atomic E-state index is 12.9. The third-order valence-corrected chi connectivity index (χ3v) is 2.79. The van der Waals surface area contributed by atoms with Crippen molar-refractivity contribution in [2.45, 2.75) is 45.5 Å². The SMILES string of the molecule is CCC(N)C(N(C)CC(=O)NCC(C)C)C(F)(F)F. The van der Waals surface area contributed by atoms with Crippen molar-refractivity contribution < 1.29 is 18.0 Å². The Labute approximate surface area is 112 Å². The fourth-order valence-electron chi connectivity index (χ4n) is 1.74. The molecule has 4 nitrogen and oxygen atoms in total. The lowest BCUT2D eigenvalue weighted by molar-refractivity contribution is -0.186. The van der Waals surface area contributed by atoms with Gasteiger partial charge in [-0.2, -0.15) is 13.2 Å². The number of nitrogens with one attached hydrogen (secondary N) is 1. The average molecular weight is 283 g/mol. The maximum absolute atomic E-state index is 12.9. The molecule has 0 aliphatic heterocycles. The van der Waals surface area contributed by atoms with Gasteiger partial charge in [-0.3, -0.25) is 9.69 Å². The molecular weight excluding hydrogens is 259 g/mol. The van der Waals surface area contributed by atoms with Crippen LogP contribution in [0.3, 0.4) is 0 Å². The molecule has 0 fully saturated rings. The zero-order valence-electron chi connectivity index (χ0n) is 11.9. The van der Waals surface area contributed by atoms with Crippen LogP contribution in [0.25, 0.3) is 0 Å². The van der Waals surface area contributed by atoms with Crippen LogP contribution in [0.15, 0.2) is 0 Å². The standard InChI is InChI=1S/C12H24F3N3O/c1-5-9(16)11(12(13,14)15)18(4)7-10(19)17-6-8(2)3/h8-9,11H,5-7,16H2,1-4H3,(H,17,19). The van der Waals surface area contributed by atoms with Crippen molar-refractivity contribution in [1.29, 1.82) is 0 Å². The van der Waals surface area contributed by atoms with Crippen LogP contribution >= 0.6 is 0 Å². The topological polar surface area (TPSA) is 58.4 Å². The first-order valence-electron chi connectivity index (χ1n) is 6.38. The molecule has 0 spiro atoms. The fraction of sp³-hybridized carbons (Fsp3) is 0.917. The predicted octanol–water partition coefficient (Wildman–Crippen LogP) is 1.36. The minimum Gasteiger partial charge on any atom is -0.355 e. The van der Waals surface area contributed by atoms with Gasteiger partial charge in [0.1, 0.15) is 6.04 Å². The van der Waals surface area contributed by atoms with Gasteiger partial charge in [0.15, 0.2) is 0 Å². The van der Waals surface area contributed by atoms with Gasteiger partial charge in [-0.05, 0) is 19.4 Å². The molecule has 1 amide bonds. The molecule has 0 radical (unpaired) electrons. The van der Waals surface area contributed by atoms with Gasteiger partial charge in [0.2, 0.25) is 5.91 Å². The highest BCUT2D eigenvalue weighted by Gasteiger charge is 2.45. The summed E-state index contributed by atoms with van der Waals surface area (Å²) in [6.07, 6.45) is -4.25. The molecule has 0 aliphatic carbocycles. The number of hydrogen-bond acceptors (Lipinski definition) is 3. The van der Waals surface area contributed by atoms with E-state index in [2.05, 4.69) is 5.32 Å². The van der Waals surface area contributed by atoms with Crippen molar-refractivity contribution in [1.82, 2.24) is 10.2 Å². The Kier molecular flexibility index (Phi) is 7.36. The van der Waals surface area contributed by atoms with Gasteiger partial charge in [-0.15, -0.1) is 0 Å². The van der Waals surface area contributed by atoms with E-state index in [0.717, 1.165) is 4.90 Å². The van der Waals surface area contributed by atoms with E-state index < -0.39 is 24.2 Å². The maximum Gasteiger partial charge on any atom is 0.405 e. The van der Waals surface area contributed by atoms with Crippen LogP contribution in [0.4, 0.5) is 13.2 Å². The first-order chi connectivity index (χ1) is 8.59. The average Bonchev–Trinajstić information content (AvgIpc) is 2.24. The summed E-state index contributed by atoms with van der Waals surface area (Å²) in [5.41, 5.74) is 5.51. The number of hydrogen-bond donors (Lipinski definition) is 2. The number of nitrogens with two attached hydrogens (primary N) is 1. The fourth-order valence-corrected chi connectivity index (χ4v) is 1.74. The van der Waals surface area contributed by atoms with Crippen LogP contribution in [-0.4, -0.2) is 49.2 Å². The van der Waals surface area contributed by atoms with Crippen molar-refractivity contribution in [3.8, 4) is 0 Å². The van der Waals surface area contributed by atoms with E-state index in [1.807, 2.05) is 13.8 Å². The molecule has 0 saturated carbocycles. The number of likely N-dealkylation sites (N-methyl/N-ethyl adjacent to an activating group) is 1. The molecule has 0 saturated heterocycles. The van der Waals surface area contributed by atoms with Gasteiger partial charge < -0.3 is 11.1 Å². The summed E-state index contributed by atoms with van der Waals surface area (Å²) in [6, 6.07) is -2.84. The Morgan fingerprint density at radius 2 is 1.89 bits per heavy atom. The number of carbonyl (C=O) groups excluding carboxylic acids is 1. The number of nitrogens with zero attached hydrogens (tertiary/aromatic N) is 1. The summed E-state index contributed by atoms with van der Waals surface area (Å²) < 4.78 is 38.8. The quantitative estimate of drug-likeness (QED) is 0.741. The highest BCUT2D eigenvalue weighted by molar-refractivity contribution is 5.78. The Bertz CT molecular complexity index is 282. The van der Waals surface area contributed by atoms with Gasteiger partial charge in [0.25, 0.3) is 0 Å². The van der Waals surface area contributed by atoms with E-state index in [-0.39, 0.29) is 18.9 Å². The third-order valence-electron chi connectivity index (χ3n) is 2.79. The lowest BCUT2D eigenvalue weighted by Crippen LogP contribution is -2.56. The Balaban J connectivity index is 4.57. The molecule has 0 aliphatic rings. The Morgan fingerprint density at radius 1 is 1.37 bits per heavy atom. The summed E-state index contributed by atoms with van der Waals surface area (Å²) in [6.45, 7) is 5.55. The number of rotatable bonds is 7. The number of carbonyl (C=O) groups is 1. The van der Waals surface area contributed by atoms with Crippen LogP contribution in [-0.2, 0) is 4.79 Å². The second-order valence-corrected chi connectivity index (χ2v) is 5.17. The van der Waals surface area contributed by atoms with E-state index in [1.54, 1.807) is 6.92 Å². The lowest BCUT2D eigenvalue weighted by Gasteiger charge is -2.33. The predicted molar refractivity (Wildman–Crippen MR) is 68.6 cm³/mol. The number of amides is 1. The number of halogens is 3. The van der Waals surface area contributed by atoms with Gasteiger partial charge in [-0.1, -0.05) is 20.8 Å². The van der Waals surface area contributed by atoms with Gasteiger partial charge in [-0.25, -0.2) is 0 Å². The van der Waals surface area contributed by atoms with Crippen molar-refractivity contribution in [2.24, 2.45) is 11.7 Å². The number of alkyl halides is 3. The molecule has 0 heterocycles. The minimum atomic E-state index is -4.44. The molecule has 0 rings (SSSR count). The molecule has 19 heavy (non-hydrogen) atoms. The van der Waals surface area contributed by atoms with Crippen LogP contribution in [0.5, 0.6) is 0 Å². The smallest absolute Gasteiger partial charge is 0.355 e. The molecular formula is C12H24F3N3O. The molecule has 2 unspecified atom stereocenters. The lowest BCUT2D eigenvalue weighted by atomic mass is 10.0. The molecule has 3 N–H and O–H groups in total. The normalized spacial score (nSPS) is 15.7. The largest absolute Gasteiger partial charge is 0.405 e. The van der Waals surface area contributed by atoms with E-state index in [0.29, 0.717) is 6.54 Å². The molecule has 7 heteroatoms. The molecule has 0 bridgehead atoms. The van der Waals surface area contributed by atoms with Crippen molar-refractivity contribution in [2.75, 3.05) is 20.1 Å². The van der Waals surface area contributed by atoms with E-state index >= 15 is 0 Å². The van der Waals surface area contributed by atoms with Gasteiger partial charge >= 0.3 is 6.18 Å². The molecule has 0 aromatic carbocycles. The second-order valence-electron chi connectivity index (χ2n) is 5.17. The molecule has 0 aromatic rings. The molecule has 2 atom stereocenters. The first-order valence-corrected chi connectivity index (χ1v) is 6.38. The Morgan fingerprint density at radius 3 is 2.26 bits per heavy atom. The highest BCUT2D eigenvalue weighted by Crippen LogP contribution is 2.26. The van der Waals surface area contributed by atoms with Crippen molar-refractivity contribution >= 4 is 5.91 Å². The summed E-state index contributed by atoms with van der Waals surface area (Å²) >= 11 is 0. The Hall–Kier alpha value is -0.820. The first kappa shape index (κ1) is 18.2.